The highest BCUT2D eigenvalue weighted by Gasteiger charge is 2.39. The van der Waals surface area contributed by atoms with Crippen LogP contribution in [0.3, 0.4) is 0 Å². The van der Waals surface area contributed by atoms with Crippen LogP contribution in [0.25, 0.3) is 0 Å². The number of carboxylic acid groups (broad SMARTS) is 1. The molecule has 4 heteroatoms. The van der Waals surface area contributed by atoms with Crippen molar-refractivity contribution in [3.05, 3.63) is 0 Å². The Bertz CT molecular complexity index is 242. The summed E-state index contributed by atoms with van der Waals surface area (Å²) in [6.45, 7) is 6.00. The van der Waals surface area contributed by atoms with Gasteiger partial charge in [0.25, 0.3) is 0 Å². The summed E-state index contributed by atoms with van der Waals surface area (Å²) in [7, 11) is 0. The van der Waals surface area contributed by atoms with E-state index in [0.29, 0.717) is 0 Å². The van der Waals surface area contributed by atoms with Crippen molar-refractivity contribution in [2.24, 2.45) is 0 Å². The van der Waals surface area contributed by atoms with Crippen LogP contribution in [-0.2, 0) is 4.79 Å². The summed E-state index contributed by atoms with van der Waals surface area (Å²) in [6.07, 6.45) is 8.96. The predicted molar refractivity (Wildman–Crippen MR) is 77.5 cm³/mol. The summed E-state index contributed by atoms with van der Waals surface area (Å²) in [5.41, 5.74) is -0.631. The number of likely N-dealkylation sites (tertiary alicyclic amines) is 1. The fourth-order valence-corrected chi connectivity index (χ4v) is 2.68. The second kappa shape index (κ2) is 8.76. The monoisotopic (exact) mass is 277 g/mol. The summed E-state index contributed by atoms with van der Waals surface area (Å²) < 4.78 is 0. The van der Waals surface area contributed by atoms with Crippen LogP contribution in [-0.4, -0.2) is 34.6 Å². The first kappa shape index (κ1) is 17.7. The lowest BCUT2D eigenvalue weighted by Gasteiger charge is -2.40. The van der Waals surface area contributed by atoms with Gasteiger partial charge in [-0.25, -0.2) is 0 Å². The first-order valence-corrected chi connectivity index (χ1v) is 7.09. The maximum absolute atomic E-state index is 11.5. The zero-order valence-electron chi connectivity index (χ0n) is 11.8. The van der Waals surface area contributed by atoms with Gasteiger partial charge in [-0.05, 0) is 39.3 Å². The Balaban J connectivity index is 0.00000289. The lowest BCUT2D eigenvalue weighted by Crippen LogP contribution is -2.54. The van der Waals surface area contributed by atoms with Gasteiger partial charge in [-0.1, -0.05) is 39.0 Å². The number of hydrogen-bond acceptors (Lipinski definition) is 2. The van der Waals surface area contributed by atoms with Crippen LogP contribution >= 0.6 is 12.4 Å². The van der Waals surface area contributed by atoms with Crippen LogP contribution in [0.4, 0.5) is 0 Å². The van der Waals surface area contributed by atoms with Gasteiger partial charge in [0.15, 0.2) is 0 Å². The normalized spacial score (nSPS) is 19.9. The average molecular weight is 278 g/mol. The minimum Gasteiger partial charge on any atom is -0.480 e. The number of carboxylic acids is 1. The van der Waals surface area contributed by atoms with E-state index < -0.39 is 11.5 Å². The van der Waals surface area contributed by atoms with Crippen LogP contribution in [0.2, 0.25) is 0 Å². The third kappa shape index (κ3) is 4.77. The standard InChI is InChI=1S/C14H27NO2.ClH/c1-3-4-5-7-10-14(2,13(16)17)15-11-8-6-9-12-15;/h3-12H2,1-2H3,(H,16,17);1H. The fraction of sp³-hybridized carbons (Fsp3) is 0.929. The van der Waals surface area contributed by atoms with E-state index in [1.54, 1.807) is 0 Å². The zero-order valence-corrected chi connectivity index (χ0v) is 12.6. The van der Waals surface area contributed by atoms with Crippen molar-refractivity contribution in [2.45, 2.75) is 70.8 Å². The molecule has 0 aromatic heterocycles. The SMILES string of the molecule is CCCCCCC(C)(C(=O)O)N1CCCCC1.Cl. The van der Waals surface area contributed by atoms with Gasteiger partial charge in [-0.3, -0.25) is 9.69 Å². The highest BCUT2D eigenvalue weighted by Crippen LogP contribution is 2.26. The van der Waals surface area contributed by atoms with Gasteiger partial charge < -0.3 is 5.11 Å². The summed E-state index contributed by atoms with van der Waals surface area (Å²) in [6, 6.07) is 0. The van der Waals surface area contributed by atoms with E-state index in [1.165, 1.54) is 19.3 Å². The molecule has 1 atom stereocenters. The molecule has 0 aliphatic carbocycles. The third-order valence-electron chi connectivity index (χ3n) is 4.03. The highest BCUT2D eigenvalue weighted by molar-refractivity contribution is 5.85. The van der Waals surface area contributed by atoms with Gasteiger partial charge in [0, 0.05) is 0 Å². The second-order valence-corrected chi connectivity index (χ2v) is 5.44. The van der Waals surface area contributed by atoms with Gasteiger partial charge in [-0.2, -0.15) is 0 Å². The number of hydrogen-bond donors (Lipinski definition) is 1. The van der Waals surface area contributed by atoms with Crippen molar-refractivity contribution < 1.29 is 9.90 Å². The summed E-state index contributed by atoms with van der Waals surface area (Å²) in [5, 5.41) is 9.50. The van der Waals surface area contributed by atoms with Crippen molar-refractivity contribution in [3.8, 4) is 0 Å². The maximum Gasteiger partial charge on any atom is 0.323 e. The molecule has 1 fully saturated rings. The lowest BCUT2D eigenvalue weighted by atomic mass is 9.90. The van der Waals surface area contributed by atoms with E-state index in [0.717, 1.165) is 45.2 Å². The molecule has 0 aromatic carbocycles. The molecule has 108 valence electrons. The molecule has 1 rings (SSSR count). The number of aliphatic carboxylic acids is 1. The largest absolute Gasteiger partial charge is 0.480 e. The van der Waals surface area contributed by atoms with E-state index in [-0.39, 0.29) is 12.4 Å². The molecule has 1 aliphatic rings. The molecule has 18 heavy (non-hydrogen) atoms. The fourth-order valence-electron chi connectivity index (χ4n) is 2.68. The molecule has 3 nitrogen and oxygen atoms in total. The van der Waals surface area contributed by atoms with Crippen LogP contribution in [0.15, 0.2) is 0 Å². The molecule has 0 bridgehead atoms. The van der Waals surface area contributed by atoms with Gasteiger partial charge in [0.1, 0.15) is 5.54 Å². The minimum atomic E-state index is -0.643. The Labute approximate surface area is 117 Å². The van der Waals surface area contributed by atoms with Crippen molar-refractivity contribution in [3.63, 3.8) is 0 Å². The Morgan fingerprint density at radius 1 is 1.17 bits per heavy atom. The number of carbonyl (C=O) groups is 1. The number of nitrogens with zero attached hydrogens (tertiary/aromatic N) is 1. The lowest BCUT2D eigenvalue weighted by molar-refractivity contribution is -0.152. The Morgan fingerprint density at radius 2 is 1.78 bits per heavy atom. The van der Waals surface area contributed by atoms with Gasteiger partial charge >= 0.3 is 5.97 Å². The number of piperidine rings is 1. The van der Waals surface area contributed by atoms with E-state index in [9.17, 15) is 9.90 Å². The zero-order chi connectivity index (χ0) is 12.7. The van der Waals surface area contributed by atoms with E-state index in [1.807, 2.05) is 6.92 Å². The van der Waals surface area contributed by atoms with Crippen LogP contribution in [0.1, 0.15) is 65.2 Å². The molecular formula is C14H28ClNO2. The van der Waals surface area contributed by atoms with Crippen molar-refractivity contribution in [1.29, 1.82) is 0 Å². The topological polar surface area (TPSA) is 40.5 Å². The molecule has 0 aromatic rings. The quantitative estimate of drug-likeness (QED) is 0.721. The molecule has 0 amide bonds. The molecule has 1 N–H and O–H groups in total. The Kier molecular flexibility index (Phi) is 8.62. The van der Waals surface area contributed by atoms with E-state index >= 15 is 0 Å². The molecule has 1 heterocycles. The molecule has 0 radical (unpaired) electrons. The number of unbranched alkanes of at least 4 members (excludes halogenated alkanes) is 3. The highest BCUT2D eigenvalue weighted by atomic mass is 35.5. The van der Waals surface area contributed by atoms with Crippen LogP contribution < -0.4 is 0 Å². The van der Waals surface area contributed by atoms with Crippen molar-refractivity contribution in [2.75, 3.05) is 13.1 Å². The first-order valence-electron chi connectivity index (χ1n) is 7.09. The van der Waals surface area contributed by atoms with Gasteiger partial charge in [-0.15, -0.1) is 12.4 Å². The van der Waals surface area contributed by atoms with Gasteiger partial charge in [0.05, 0.1) is 0 Å². The second-order valence-electron chi connectivity index (χ2n) is 5.44. The molecule has 0 spiro atoms. The van der Waals surface area contributed by atoms with Crippen LogP contribution in [0, 0.1) is 0 Å². The Hall–Kier alpha value is -0.280. The predicted octanol–water partition coefficient (Wildman–Crippen LogP) is 3.71. The van der Waals surface area contributed by atoms with E-state index in [2.05, 4.69) is 11.8 Å². The third-order valence-corrected chi connectivity index (χ3v) is 4.03. The first-order chi connectivity index (χ1) is 8.11. The van der Waals surface area contributed by atoms with Crippen LogP contribution in [0.5, 0.6) is 0 Å². The average Bonchev–Trinajstić information content (AvgIpc) is 2.35. The summed E-state index contributed by atoms with van der Waals surface area (Å²) >= 11 is 0. The number of halogens is 1. The van der Waals surface area contributed by atoms with Gasteiger partial charge in [0.2, 0.25) is 0 Å². The van der Waals surface area contributed by atoms with Crippen molar-refractivity contribution >= 4 is 18.4 Å². The molecule has 1 aliphatic heterocycles. The minimum absolute atomic E-state index is 0. The summed E-state index contributed by atoms with van der Waals surface area (Å²) in [4.78, 5) is 13.7. The Morgan fingerprint density at radius 3 is 2.28 bits per heavy atom. The summed E-state index contributed by atoms with van der Waals surface area (Å²) in [5.74, 6) is -0.643. The molecule has 1 saturated heterocycles. The number of rotatable bonds is 7. The smallest absolute Gasteiger partial charge is 0.323 e. The molecular weight excluding hydrogens is 250 g/mol. The molecule has 0 saturated carbocycles. The van der Waals surface area contributed by atoms with Crippen molar-refractivity contribution in [1.82, 2.24) is 4.90 Å². The maximum atomic E-state index is 11.5. The molecule has 1 unspecified atom stereocenters. The van der Waals surface area contributed by atoms with E-state index in [4.69, 9.17) is 0 Å².